The maximum Gasteiger partial charge on any atom is 0.226 e. The minimum absolute atomic E-state index is 0.0447. The Morgan fingerprint density at radius 2 is 1.55 bits per heavy atom. The molecule has 0 radical (unpaired) electrons. The normalized spacial score (nSPS) is 9.86. The van der Waals surface area contributed by atoms with E-state index in [9.17, 15) is 9.59 Å². The molecule has 5 heteroatoms. The third-order valence-corrected chi connectivity index (χ3v) is 2.92. The molecule has 0 saturated heterocycles. The van der Waals surface area contributed by atoms with Crippen LogP contribution >= 0.6 is 0 Å². The number of para-hydroxylation sites is 1. The molecule has 0 bridgehead atoms. The van der Waals surface area contributed by atoms with E-state index in [2.05, 4.69) is 16.0 Å². The molecular formula is C17H19N3O2. The molecule has 2 amide bonds. The van der Waals surface area contributed by atoms with Crippen LogP contribution in [0.4, 0.5) is 17.1 Å². The van der Waals surface area contributed by atoms with E-state index >= 15 is 0 Å². The molecule has 22 heavy (non-hydrogen) atoms. The first-order valence-corrected chi connectivity index (χ1v) is 7.10. The number of anilines is 3. The molecule has 2 rings (SSSR count). The van der Waals surface area contributed by atoms with Gasteiger partial charge in [-0.05, 0) is 30.3 Å². The van der Waals surface area contributed by atoms with Gasteiger partial charge in [-0.25, -0.2) is 0 Å². The maximum absolute atomic E-state index is 11.8. The van der Waals surface area contributed by atoms with Gasteiger partial charge in [0, 0.05) is 37.0 Å². The summed E-state index contributed by atoms with van der Waals surface area (Å²) in [6, 6.07) is 16.7. The van der Waals surface area contributed by atoms with Crippen LogP contribution in [0.1, 0.15) is 13.3 Å². The Morgan fingerprint density at radius 1 is 0.864 bits per heavy atom. The van der Waals surface area contributed by atoms with Crippen LogP contribution in [0.2, 0.25) is 0 Å². The molecule has 0 heterocycles. The summed E-state index contributed by atoms with van der Waals surface area (Å²) in [4.78, 5) is 22.8. The molecule has 2 aromatic rings. The van der Waals surface area contributed by atoms with Crippen molar-refractivity contribution < 1.29 is 9.59 Å². The van der Waals surface area contributed by atoms with Crippen LogP contribution in [0.5, 0.6) is 0 Å². The second kappa shape index (κ2) is 7.83. The Balaban J connectivity index is 1.78. The van der Waals surface area contributed by atoms with Crippen molar-refractivity contribution in [2.45, 2.75) is 13.3 Å². The van der Waals surface area contributed by atoms with Gasteiger partial charge in [0.1, 0.15) is 0 Å². The first kappa shape index (κ1) is 15.6. The van der Waals surface area contributed by atoms with Crippen LogP contribution in [-0.2, 0) is 9.59 Å². The van der Waals surface area contributed by atoms with E-state index in [1.165, 1.54) is 6.92 Å². The third kappa shape index (κ3) is 5.28. The highest BCUT2D eigenvalue weighted by molar-refractivity contribution is 5.91. The molecule has 0 aromatic heterocycles. The van der Waals surface area contributed by atoms with Crippen LogP contribution in [0, 0.1) is 0 Å². The van der Waals surface area contributed by atoms with Crippen molar-refractivity contribution in [1.29, 1.82) is 0 Å². The summed E-state index contributed by atoms with van der Waals surface area (Å²) < 4.78 is 0. The van der Waals surface area contributed by atoms with Gasteiger partial charge in [0.15, 0.2) is 0 Å². The number of benzene rings is 2. The number of amides is 2. The molecule has 0 aliphatic carbocycles. The van der Waals surface area contributed by atoms with E-state index in [0.29, 0.717) is 13.0 Å². The molecule has 114 valence electrons. The van der Waals surface area contributed by atoms with Crippen LogP contribution in [0.15, 0.2) is 54.6 Å². The highest BCUT2D eigenvalue weighted by atomic mass is 16.2. The van der Waals surface area contributed by atoms with E-state index in [-0.39, 0.29) is 11.8 Å². The van der Waals surface area contributed by atoms with Crippen LogP contribution < -0.4 is 16.0 Å². The van der Waals surface area contributed by atoms with Gasteiger partial charge in [-0.3, -0.25) is 9.59 Å². The van der Waals surface area contributed by atoms with E-state index in [1.807, 2.05) is 54.6 Å². The van der Waals surface area contributed by atoms with Crippen molar-refractivity contribution in [3.63, 3.8) is 0 Å². The Kier molecular flexibility index (Phi) is 5.54. The number of carbonyl (C=O) groups is 2. The van der Waals surface area contributed by atoms with Crippen molar-refractivity contribution in [3.05, 3.63) is 54.6 Å². The highest BCUT2D eigenvalue weighted by Crippen LogP contribution is 2.15. The SMILES string of the molecule is CC(=O)Nc1cccc(NCCC(=O)Nc2ccccc2)c1. The van der Waals surface area contributed by atoms with Gasteiger partial charge in [-0.1, -0.05) is 24.3 Å². The topological polar surface area (TPSA) is 70.2 Å². The van der Waals surface area contributed by atoms with E-state index < -0.39 is 0 Å². The molecular weight excluding hydrogens is 278 g/mol. The van der Waals surface area contributed by atoms with Gasteiger partial charge in [0.2, 0.25) is 11.8 Å². The molecule has 0 aliphatic rings. The lowest BCUT2D eigenvalue weighted by Gasteiger charge is -2.09. The van der Waals surface area contributed by atoms with Crippen molar-refractivity contribution in [2.75, 3.05) is 22.5 Å². The summed E-state index contributed by atoms with van der Waals surface area (Å²) in [7, 11) is 0. The second-order valence-electron chi connectivity index (χ2n) is 4.85. The van der Waals surface area contributed by atoms with Crippen LogP contribution in [0.3, 0.4) is 0 Å². The Labute approximate surface area is 129 Å². The lowest BCUT2D eigenvalue weighted by Crippen LogP contribution is -2.16. The van der Waals surface area contributed by atoms with Gasteiger partial charge in [0.05, 0.1) is 0 Å². The van der Waals surface area contributed by atoms with Gasteiger partial charge in [-0.2, -0.15) is 0 Å². The fourth-order valence-corrected chi connectivity index (χ4v) is 1.98. The summed E-state index contributed by atoms with van der Waals surface area (Å²) in [6.07, 6.45) is 0.360. The van der Waals surface area contributed by atoms with Crippen LogP contribution in [-0.4, -0.2) is 18.4 Å². The molecule has 0 aliphatic heterocycles. The lowest BCUT2D eigenvalue weighted by molar-refractivity contribution is -0.116. The second-order valence-corrected chi connectivity index (χ2v) is 4.85. The number of hydrogen-bond acceptors (Lipinski definition) is 3. The predicted octanol–water partition coefficient (Wildman–Crippen LogP) is 3.09. The van der Waals surface area contributed by atoms with Crippen molar-refractivity contribution in [2.24, 2.45) is 0 Å². The number of hydrogen-bond donors (Lipinski definition) is 3. The van der Waals surface area contributed by atoms with Crippen molar-refractivity contribution >= 4 is 28.9 Å². The van der Waals surface area contributed by atoms with Crippen LogP contribution in [0.25, 0.3) is 0 Å². The summed E-state index contributed by atoms with van der Waals surface area (Å²) >= 11 is 0. The van der Waals surface area contributed by atoms with Crippen molar-refractivity contribution in [1.82, 2.24) is 0 Å². The molecule has 2 aromatic carbocycles. The van der Waals surface area contributed by atoms with Crippen molar-refractivity contribution in [3.8, 4) is 0 Å². The highest BCUT2D eigenvalue weighted by Gasteiger charge is 2.02. The first-order valence-electron chi connectivity index (χ1n) is 7.10. The first-order chi connectivity index (χ1) is 10.6. The zero-order chi connectivity index (χ0) is 15.8. The van der Waals surface area contributed by atoms with E-state index in [0.717, 1.165) is 17.1 Å². The van der Waals surface area contributed by atoms with Gasteiger partial charge in [0.25, 0.3) is 0 Å². The molecule has 0 spiro atoms. The molecule has 0 fully saturated rings. The van der Waals surface area contributed by atoms with Gasteiger partial charge < -0.3 is 16.0 Å². The number of carbonyl (C=O) groups excluding carboxylic acids is 2. The average molecular weight is 297 g/mol. The lowest BCUT2D eigenvalue weighted by atomic mass is 10.2. The Morgan fingerprint density at radius 3 is 2.27 bits per heavy atom. The maximum atomic E-state index is 11.8. The Bertz CT molecular complexity index is 641. The third-order valence-electron chi connectivity index (χ3n) is 2.92. The minimum Gasteiger partial charge on any atom is -0.384 e. The zero-order valence-corrected chi connectivity index (χ0v) is 12.4. The van der Waals surface area contributed by atoms with Gasteiger partial charge >= 0.3 is 0 Å². The molecule has 0 saturated carbocycles. The fourth-order valence-electron chi connectivity index (χ4n) is 1.98. The smallest absolute Gasteiger partial charge is 0.226 e. The largest absolute Gasteiger partial charge is 0.384 e. The standard InChI is InChI=1S/C17H19N3O2/c1-13(21)19-16-9-5-8-15(12-16)18-11-10-17(22)20-14-6-3-2-4-7-14/h2-9,12,18H,10-11H2,1H3,(H,19,21)(H,20,22). The number of nitrogens with one attached hydrogen (secondary N) is 3. The summed E-state index contributed by atoms with van der Waals surface area (Å²) in [5.41, 5.74) is 2.38. The molecule has 0 unspecified atom stereocenters. The number of rotatable bonds is 6. The van der Waals surface area contributed by atoms with Gasteiger partial charge in [-0.15, -0.1) is 0 Å². The Hall–Kier alpha value is -2.82. The zero-order valence-electron chi connectivity index (χ0n) is 12.4. The fraction of sp³-hybridized carbons (Fsp3) is 0.176. The monoisotopic (exact) mass is 297 g/mol. The predicted molar refractivity (Wildman–Crippen MR) is 88.9 cm³/mol. The van der Waals surface area contributed by atoms with E-state index in [1.54, 1.807) is 0 Å². The molecule has 3 N–H and O–H groups in total. The molecule has 0 atom stereocenters. The summed E-state index contributed by atoms with van der Waals surface area (Å²) in [5, 5.41) is 8.71. The quantitative estimate of drug-likeness (QED) is 0.767. The summed E-state index contributed by atoms with van der Waals surface area (Å²) in [5.74, 6) is -0.156. The molecule has 5 nitrogen and oxygen atoms in total. The average Bonchev–Trinajstić information content (AvgIpc) is 2.48. The minimum atomic E-state index is -0.112. The summed E-state index contributed by atoms with van der Waals surface area (Å²) in [6.45, 7) is 1.98. The van der Waals surface area contributed by atoms with E-state index in [4.69, 9.17) is 0 Å².